The SMILES string of the molecule is COC(=O)c1cccc(NC(=O)c2cnn(-c3ccccn3)c2C)c1O. The monoisotopic (exact) mass is 352 g/mol. The van der Waals surface area contributed by atoms with Gasteiger partial charge in [-0.1, -0.05) is 12.1 Å². The van der Waals surface area contributed by atoms with Crippen LogP contribution in [0.1, 0.15) is 26.4 Å². The maximum absolute atomic E-state index is 12.6. The molecule has 2 N–H and O–H groups in total. The number of aromatic hydroxyl groups is 1. The van der Waals surface area contributed by atoms with E-state index in [1.54, 1.807) is 29.9 Å². The van der Waals surface area contributed by atoms with Gasteiger partial charge in [-0.2, -0.15) is 5.10 Å². The molecule has 1 aromatic carbocycles. The van der Waals surface area contributed by atoms with Gasteiger partial charge >= 0.3 is 5.97 Å². The molecule has 3 aromatic rings. The molecule has 0 atom stereocenters. The molecular weight excluding hydrogens is 336 g/mol. The van der Waals surface area contributed by atoms with E-state index >= 15 is 0 Å². The van der Waals surface area contributed by atoms with E-state index in [-0.39, 0.29) is 17.0 Å². The van der Waals surface area contributed by atoms with Crippen LogP contribution in [0.2, 0.25) is 0 Å². The number of hydrogen-bond donors (Lipinski definition) is 2. The molecule has 0 aliphatic rings. The summed E-state index contributed by atoms with van der Waals surface area (Å²) >= 11 is 0. The zero-order chi connectivity index (χ0) is 18.7. The van der Waals surface area contributed by atoms with E-state index in [0.717, 1.165) is 0 Å². The number of carbonyl (C=O) groups excluding carboxylic acids is 2. The summed E-state index contributed by atoms with van der Waals surface area (Å²) in [6.07, 6.45) is 3.05. The molecule has 0 radical (unpaired) electrons. The summed E-state index contributed by atoms with van der Waals surface area (Å²) < 4.78 is 6.14. The Hall–Kier alpha value is -3.68. The van der Waals surface area contributed by atoms with Gasteiger partial charge in [0.25, 0.3) is 5.91 Å². The third-order valence-corrected chi connectivity index (χ3v) is 3.81. The van der Waals surface area contributed by atoms with Crippen LogP contribution in [-0.4, -0.2) is 38.9 Å². The molecule has 3 rings (SSSR count). The maximum Gasteiger partial charge on any atom is 0.341 e. The summed E-state index contributed by atoms with van der Waals surface area (Å²) in [5, 5.41) is 17.0. The van der Waals surface area contributed by atoms with Crippen LogP contribution >= 0.6 is 0 Å². The Morgan fingerprint density at radius 1 is 1.15 bits per heavy atom. The normalized spacial score (nSPS) is 10.4. The minimum Gasteiger partial charge on any atom is -0.505 e. The molecule has 0 fully saturated rings. The number of benzene rings is 1. The highest BCUT2D eigenvalue weighted by Crippen LogP contribution is 2.28. The van der Waals surface area contributed by atoms with Crippen molar-refractivity contribution in [3.63, 3.8) is 0 Å². The lowest BCUT2D eigenvalue weighted by Gasteiger charge is -2.10. The molecular formula is C18H16N4O4. The van der Waals surface area contributed by atoms with Gasteiger partial charge in [0.2, 0.25) is 0 Å². The van der Waals surface area contributed by atoms with Gasteiger partial charge in [0.05, 0.1) is 30.3 Å². The van der Waals surface area contributed by atoms with Crippen molar-refractivity contribution in [2.75, 3.05) is 12.4 Å². The lowest BCUT2D eigenvalue weighted by molar-refractivity contribution is 0.0597. The van der Waals surface area contributed by atoms with Crippen molar-refractivity contribution in [2.24, 2.45) is 0 Å². The quantitative estimate of drug-likeness (QED) is 0.551. The predicted octanol–water partition coefficient (Wildman–Crippen LogP) is 2.32. The molecule has 0 bridgehead atoms. The second-order valence-corrected chi connectivity index (χ2v) is 5.39. The zero-order valence-corrected chi connectivity index (χ0v) is 14.1. The number of pyridine rings is 1. The first-order chi connectivity index (χ1) is 12.5. The van der Waals surface area contributed by atoms with Crippen molar-refractivity contribution < 1.29 is 19.4 Å². The van der Waals surface area contributed by atoms with Crippen molar-refractivity contribution in [2.45, 2.75) is 6.92 Å². The molecule has 132 valence electrons. The van der Waals surface area contributed by atoms with Crippen LogP contribution in [0.4, 0.5) is 5.69 Å². The Bertz CT molecular complexity index is 967. The number of phenols is 1. The highest BCUT2D eigenvalue weighted by Gasteiger charge is 2.19. The fraction of sp³-hybridized carbons (Fsp3) is 0.111. The van der Waals surface area contributed by atoms with E-state index in [2.05, 4.69) is 20.1 Å². The number of methoxy groups -OCH3 is 1. The summed E-state index contributed by atoms with van der Waals surface area (Å²) in [5.74, 6) is -0.943. The molecule has 8 nitrogen and oxygen atoms in total. The van der Waals surface area contributed by atoms with Crippen LogP contribution in [0.3, 0.4) is 0 Å². The van der Waals surface area contributed by atoms with Crippen LogP contribution < -0.4 is 5.32 Å². The maximum atomic E-state index is 12.6. The average Bonchev–Trinajstić information content (AvgIpc) is 3.05. The zero-order valence-electron chi connectivity index (χ0n) is 14.1. The summed E-state index contributed by atoms with van der Waals surface area (Å²) in [6.45, 7) is 1.74. The lowest BCUT2D eigenvalue weighted by atomic mass is 10.1. The average molecular weight is 352 g/mol. The number of esters is 1. The largest absolute Gasteiger partial charge is 0.505 e. The second kappa shape index (κ2) is 7.06. The van der Waals surface area contributed by atoms with Gasteiger partial charge in [0, 0.05) is 6.20 Å². The van der Waals surface area contributed by atoms with E-state index in [1.807, 2.05) is 6.07 Å². The van der Waals surface area contributed by atoms with Crippen LogP contribution in [-0.2, 0) is 4.74 Å². The van der Waals surface area contributed by atoms with Crippen LogP contribution in [0.5, 0.6) is 5.75 Å². The number of nitrogens with zero attached hydrogens (tertiary/aromatic N) is 3. The lowest BCUT2D eigenvalue weighted by Crippen LogP contribution is -2.14. The Morgan fingerprint density at radius 2 is 1.96 bits per heavy atom. The summed E-state index contributed by atoms with van der Waals surface area (Å²) in [5.41, 5.74) is 0.970. The molecule has 0 saturated heterocycles. The number of carbonyl (C=O) groups is 2. The van der Waals surface area contributed by atoms with Crippen LogP contribution in [0, 0.1) is 6.92 Å². The number of phenolic OH excluding ortho intramolecular Hbond substituents is 1. The van der Waals surface area contributed by atoms with E-state index < -0.39 is 11.9 Å². The molecule has 0 spiro atoms. The van der Waals surface area contributed by atoms with Gasteiger partial charge in [-0.25, -0.2) is 14.5 Å². The molecule has 0 aliphatic heterocycles. The van der Waals surface area contributed by atoms with E-state index in [9.17, 15) is 14.7 Å². The van der Waals surface area contributed by atoms with E-state index in [4.69, 9.17) is 0 Å². The minimum atomic E-state index is -0.697. The van der Waals surface area contributed by atoms with Gasteiger partial charge < -0.3 is 15.2 Å². The Balaban J connectivity index is 1.88. The van der Waals surface area contributed by atoms with Crippen molar-refractivity contribution in [1.82, 2.24) is 14.8 Å². The number of anilines is 1. The van der Waals surface area contributed by atoms with Gasteiger partial charge in [-0.05, 0) is 31.2 Å². The summed E-state index contributed by atoms with van der Waals surface area (Å²) in [6, 6.07) is 9.80. The number of para-hydroxylation sites is 1. The van der Waals surface area contributed by atoms with Gasteiger partial charge in [-0.3, -0.25) is 4.79 Å². The first-order valence-electron chi connectivity index (χ1n) is 7.70. The number of nitrogens with one attached hydrogen (secondary N) is 1. The van der Waals surface area contributed by atoms with Crippen LogP contribution in [0.15, 0.2) is 48.8 Å². The molecule has 8 heteroatoms. The molecule has 2 aromatic heterocycles. The molecule has 0 unspecified atom stereocenters. The fourth-order valence-corrected chi connectivity index (χ4v) is 2.45. The smallest absolute Gasteiger partial charge is 0.341 e. The highest BCUT2D eigenvalue weighted by molar-refractivity contribution is 6.07. The third kappa shape index (κ3) is 3.12. The van der Waals surface area contributed by atoms with Crippen LogP contribution in [0.25, 0.3) is 5.82 Å². The third-order valence-electron chi connectivity index (χ3n) is 3.81. The highest BCUT2D eigenvalue weighted by atomic mass is 16.5. The number of ether oxygens (including phenoxy) is 1. The first kappa shape index (κ1) is 17.2. The molecule has 26 heavy (non-hydrogen) atoms. The molecule has 0 aliphatic carbocycles. The number of hydrogen-bond acceptors (Lipinski definition) is 6. The van der Waals surface area contributed by atoms with E-state index in [1.165, 1.54) is 31.5 Å². The fourth-order valence-electron chi connectivity index (χ4n) is 2.45. The summed E-state index contributed by atoms with van der Waals surface area (Å²) in [4.78, 5) is 28.4. The molecule has 1 amide bonds. The topological polar surface area (TPSA) is 106 Å². The first-order valence-corrected chi connectivity index (χ1v) is 7.70. The Kier molecular flexibility index (Phi) is 4.66. The number of aromatic nitrogens is 3. The van der Waals surface area contributed by atoms with Gasteiger partial charge in [0.15, 0.2) is 11.6 Å². The van der Waals surface area contributed by atoms with E-state index in [0.29, 0.717) is 17.1 Å². The Labute approximate surface area is 149 Å². The minimum absolute atomic E-state index is 0.0359. The van der Waals surface area contributed by atoms with Gasteiger partial charge in [0.1, 0.15) is 5.56 Å². The standard InChI is InChI=1S/C18H16N4O4/c1-11-13(10-20-22(11)15-8-3-4-9-19-15)17(24)21-14-7-5-6-12(16(14)23)18(25)26-2/h3-10,23H,1-2H3,(H,21,24). The van der Waals surface area contributed by atoms with Crippen molar-refractivity contribution >= 4 is 17.6 Å². The van der Waals surface area contributed by atoms with Crippen molar-refractivity contribution in [1.29, 1.82) is 0 Å². The number of rotatable bonds is 4. The second-order valence-electron chi connectivity index (χ2n) is 5.39. The molecule has 0 saturated carbocycles. The molecule has 2 heterocycles. The van der Waals surface area contributed by atoms with Crippen molar-refractivity contribution in [3.05, 3.63) is 65.6 Å². The predicted molar refractivity (Wildman–Crippen MR) is 93.5 cm³/mol. The van der Waals surface area contributed by atoms with Gasteiger partial charge in [-0.15, -0.1) is 0 Å². The number of amides is 1. The van der Waals surface area contributed by atoms with Crippen molar-refractivity contribution in [3.8, 4) is 11.6 Å². The summed E-state index contributed by atoms with van der Waals surface area (Å²) in [7, 11) is 1.21. The Morgan fingerprint density at radius 3 is 2.65 bits per heavy atom.